The molecule has 1 aromatic carbocycles. The fraction of sp³-hybridized carbons (Fsp3) is 0.391. The summed E-state index contributed by atoms with van der Waals surface area (Å²) >= 11 is 1.41. The molecule has 8 nitrogen and oxygen atoms in total. The standard InChI is InChI=1S/C23H24N2O6S/c1-29-18-9-5-8-17(20(18)30-2)21-24-14(13-32-21)12-31-19(26)10-11-25-22(27)15-6-3-4-7-16(15)23(25)28/h3-5,8-9,13,15-16H,6-7,10-12H2,1-2H3. The molecule has 1 saturated heterocycles. The number of benzene rings is 1. The van der Waals surface area contributed by atoms with Gasteiger partial charge in [-0.15, -0.1) is 11.3 Å². The Labute approximate surface area is 189 Å². The molecular weight excluding hydrogens is 432 g/mol. The maximum absolute atomic E-state index is 12.5. The van der Waals surface area contributed by atoms with Crippen molar-refractivity contribution < 1.29 is 28.6 Å². The number of likely N-dealkylation sites (tertiary alicyclic amines) is 1. The molecule has 2 unspecified atom stereocenters. The number of methoxy groups -OCH3 is 2. The van der Waals surface area contributed by atoms with Gasteiger partial charge in [0.25, 0.3) is 0 Å². The molecule has 0 spiro atoms. The van der Waals surface area contributed by atoms with Gasteiger partial charge in [0, 0.05) is 11.9 Å². The number of rotatable bonds is 8. The summed E-state index contributed by atoms with van der Waals surface area (Å²) in [4.78, 5) is 42.9. The number of allylic oxidation sites excluding steroid dienone is 2. The number of hydrogen-bond acceptors (Lipinski definition) is 8. The molecule has 0 radical (unpaired) electrons. The van der Waals surface area contributed by atoms with Crippen LogP contribution < -0.4 is 9.47 Å². The van der Waals surface area contributed by atoms with Crippen molar-refractivity contribution in [2.75, 3.05) is 20.8 Å². The zero-order valence-electron chi connectivity index (χ0n) is 17.9. The molecule has 0 saturated carbocycles. The Morgan fingerprint density at radius 2 is 1.84 bits per heavy atom. The van der Waals surface area contributed by atoms with E-state index < -0.39 is 5.97 Å². The van der Waals surface area contributed by atoms with E-state index in [0.29, 0.717) is 30.0 Å². The van der Waals surface area contributed by atoms with E-state index in [0.717, 1.165) is 10.6 Å². The molecule has 168 valence electrons. The number of ether oxygens (including phenoxy) is 3. The van der Waals surface area contributed by atoms with Gasteiger partial charge in [-0.25, -0.2) is 4.98 Å². The van der Waals surface area contributed by atoms with Gasteiger partial charge in [0.15, 0.2) is 11.5 Å². The summed E-state index contributed by atoms with van der Waals surface area (Å²) in [6, 6.07) is 5.54. The van der Waals surface area contributed by atoms with Gasteiger partial charge in [-0.1, -0.05) is 18.2 Å². The van der Waals surface area contributed by atoms with Gasteiger partial charge in [-0.05, 0) is 25.0 Å². The summed E-state index contributed by atoms with van der Waals surface area (Å²) in [5.41, 5.74) is 1.39. The van der Waals surface area contributed by atoms with Crippen LogP contribution in [0.25, 0.3) is 10.6 Å². The highest BCUT2D eigenvalue weighted by atomic mass is 32.1. The lowest BCUT2D eigenvalue weighted by molar-refractivity contribution is -0.146. The van der Waals surface area contributed by atoms with Crippen LogP contribution in [0.5, 0.6) is 11.5 Å². The van der Waals surface area contributed by atoms with Crippen LogP contribution in [0.4, 0.5) is 0 Å². The molecule has 2 aliphatic rings. The maximum Gasteiger partial charge on any atom is 0.307 e. The van der Waals surface area contributed by atoms with E-state index in [1.54, 1.807) is 20.3 Å². The molecule has 4 rings (SSSR count). The molecule has 2 amide bonds. The second-order valence-corrected chi connectivity index (χ2v) is 8.44. The second kappa shape index (κ2) is 9.52. The molecule has 1 fully saturated rings. The summed E-state index contributed by atoms with van der Waals surface area (Å²) < 4.78 is 16.1. The number of fused-ring (bicyclic) bond motifs is 1. The second-order valence-electron chi connectivity index (χ2n) is 7.58. The van der Waals surface area contributed by atoms with Crippen LogP contribution in [0.15, 0.2) is 35.7 Å². The molecule has 1 aromatic heterocycles. The summed E-state index contributed by atoms with van der Waals surface area (Å²) in [5, 5.41) is 2.53. The predicted octanol–water partition coefficient (Wildman–Crippen LogP) is 3.21. The van der Waals surface area contributed by atoms with E-state index >= 15 is 0 Å². The Kier molecular flexibility index (Phi) is 6.55. The van der Waals surface area contributed by atoms with E-state index in [1.165, 1.54) is 16.2 Å². The number of esters is 1. The summed E-state index contributed by atoms with van der Waals surface area (Å²) in [6.45, 7) is 0.0610. The fourth-order valence-electron chi connectivity index (χ4n) is 4.07. The van der Waals surface area contributed by atoms with Crippen molar-refractivity contribution in [1.29, 1.82) is 0 Å². The van der Waals surface area contributed by atoms with Crippen LogP contribution in [-0.4, -0.2) is 48.4 Å². The molecule has 32 heavy (non-hydrogen) atoms. The third kappa shape index (κ3) is 4.25. The quantitative estimate of drug-likeness (QED) is 0.342. The predicted molar refractivity (Wildman–Crippen MR) is 117 cm³/mol. The number of imide groups is 1. The van der Waals surface area contributed by atoms with Crippen LogP contribution >= 0.6 is 11.3 Å². The number of hydrogen-bond donors (Lipinski definition) is 0. The van der Waals surface area contributed by atoms with Gasteiger partial charge in [0.2, 0.25) is 11.8 Å². The van der Waals surface area contributed by atoms with Crippen LogP contribution in [0.3, 0.4) is 0 Å². The minimum Gasteiger partial charge on any atom is -0.493 e. The fourth-order valence-corrected chi connectivity index (χ4v) is 4.90. The Hall–Kier alpha value is -3.20. The van der Waals surface area contributed by atoms with Gasteiger partial charge < -0.3 is 14.2 Å². The highest BCUT2D eigenvalue weighted by molar-refractivity contribution is 7.13. The minimum atomic E-state index is -0.480. The number of para-hydroxylation sites is 1. The zero-order valence-corrected chi connectivity index (χ0v) is 18.7. The number of aromatic nitrogens is 1. The molecule has 0 N–H and O–H groups in total. The molecular formula is C23H24N2O6S. The van der Waals surface area contributed by atoms with Gasteiger partial charge in [-0.3, -0.25) is 19.3 Å². The number of amides is 2. The van der Waals surface area contributed by atoms with E-state index in [2.05, 4.69) is 4.98 Å². The molecule has 2 heterocycles. The van der Waals surface area contributed by atoms with Crippen LogP contribution in [-0.2, 0) is 25.7 Å². The normalized spacial score (nSPS) is 19.8. The molecule has 1 aliphatic heterocycles. The van der Waals surface area contributed by atoms with E-state index in [-0.39, 0.29) is 43.2 Å². The Morgan fingerprint density at radius 3 is 2.50 bits per heavy atom. The first-order chi connectivity index (χ1) is 15.5. The van der Waals surface area contributed by atoms with Gasteiger partial charge >= 0.3 is 5.97 Å². The lowest BCUT2D eigenvalue weighted by atomic mass is 9.85. The number of thiazole rings is 1. The van der Waals surface area contributed by atoms with Gasteiger partial charge in [0.05, 0.1) is 43.7 Å². The monoisotopic (exact) mass is 456 g/mol. The van der Waals surface area contributed by atoms with Crippen LogP contribution in [0.1, 0.15) is 25.0 Å². The van der Waals surface area contributed by atoms with Crippen molar-refractivity contribution in [2.24, 2.45) is 11.8 Å². The van der Waals surface area contributed by atoms with E-state index in [9.17, 15) is 14.4 Å². The summed E-state index contributed by atoms with van der Waals surface area (Å²) in [5.74, 6) is -0.233. The Morgan fingerprint density at radius 1 is 1.12 bits per heavy atom. The highest BCUT2D eigenvalue weighted by Crippen LogP contribution is 2.39. The number of nitrogens with zero attached hydrogens (tertiary/aromatic N) is 2. The van der Waals surface area contributed by atoms with Crippen molar-refractivity contribution >= 4 is 29.1 Å². The van der Waals surface area contributed by atoms with Gasteiger partial charge in [0.1, 0.15) is 11.6 Å². The maximum atomic E-state index is 12.5. The first-order valence-electron chi connectivity index (χ1n) is 10.3. The number of carbonyl (C=O) groups is 3. The van der Waals surface area contributed by atoms with E-state index in [1.807, 2.05) is 29.7 Å². The smallest absolute Gasteiger partial charge is 0.307 e. The molecule has 0 bridgehead atoms. The highest BCUT2D eigenvalue weighted by Gasteiger charge is 2.46. The third-order valence-electron chi connectivity index (χ3n) is 5.70. The average molecular weight is 457 g/mol. The molecule has 2 aromatic rings. The largest absolute Gasteiger partial charge is 0.493 e. The van der Waals surface area contributed by atoms with Crippen LogP contribution in [0.2, 0.25) is 0 Å². The van der Waals surface area contributed by atoms with Crippen LogP contribution in [0, 0.1) is 11.8 Å². The Bertz CT molecular complexity index is 1040. The first-order valence-corrected chi connectivity index (χ1v) is 11.2. The van der Waals surface area contributed by atoms with E-state index in [4.69, 9.17) is 14.2 Å². The lowest BCUT2D eigenvalue weighted by Gasteiger charge is -2.14. The van der Waals surface area contributed by atoms with Crippen molar-refractivity contribution in [1.82, 2.24) is 9.88 Å². The molecule has 9 heteroatoms. The average Bonchev–Trinajstić information content (AvgIpc) is 3.39. The van der Waals surface area contributed by atoms with Crippen molar-refractivity contribution in [3.8, 4) is 22.1 Å². The summed E-state index contributed by atoms with van der Waals surface area (Å²) in [6.07, 6.45) is 5.01. The SMILES string of the molecule is COc1cccc(-c2nc(COC(=O)CCN3C(=O)C4CC=CCC4C3=O)cs2)c1OC. The molecule has 2 atom stereocenters. The van der Waals surface area contributed by atoms with Crippen molar-refractivity contribution in [2.45, 2.75) is 25.9 Å². The van der Waals surface area contributed by atoms with Gasteiger partial charge in [-0.2, -0.15) is 0 Å². The summed E-state index contributed by atoms with van der Waals surface area (Å²) in [7, 11) is 3.14. The topological polar surface area (TPSA) is 95.0 Å². The molecule has 1 aliphatic carbocycles. The lowest BCUT2D eigenvalue weighted by Crippen LogP contribution is -2.33. The first kappa shape index (κ1) is 22.0. The minimum absolute atomic E-state index is 0.0126. The number of carbonyl (C=O) groups excluding carboxylic acids is 3. The zero-order chi connectivity index (χ0) is 22.7. The third-order valence-corrected chi connectivity index (χ3v) is 6.63. The van der Waals surface area contributed by atoms with Crippen molar-refractivity contribution in [3.05, 3.63) is 41.4 Å². The van der Waals surface area contributed by atoms with Crippen molar-refractivity contribution in [3.63, 3.8) is 0 Å². The Balaban J connectivity index is 1.32.